The van der Waals surface area contributed by atoms with Crippen molar-refractivity contribution in [2.45, 2.75) is 39.2 Å². The maximum Gasteiger partial charge on any atom is 0.337 e. The van der Waals surface area contributed by atoms with Gasteiger partial charge in [-0.05, 0) is 86.6 Å². The third kappa shape index (κ3) is 5.42. The van der Waals surface area contributed by atoms with Gasteiger partial charge in [-0.3, -0.25) is 14.2 Å². The van der Waals surface area contributed by atoms with Gasteiger partial charge in [0.15, 0.2) is 5.65 Å². The van der Waals surface area contributed by atoms with Gasteiger partial charge in [-0.25, -0.2) is 9.78 Å². The molecule has 0 saturated carbocycles. The first-order valence-electron chi connectivity index (χ1n) is 14.3. The number of hydrogen-bond donors (Lipinski definition) is 1. The number of hydrogen-bond acceptors (Lipinski definition) is 7. The van der Waals surface area contributed by atoms with Crippen LogP contribution in [0.4, 0.5) is 5.95 Å². The van der Waals surface area contributed by atoms with Crippen LogP contribution < -0.4 is 15.8 Å². The molecule has 1 saturated heterocycles. The molecule has 9 nitrogen and oxygen atoms in total. The minimum atomic E-state index is -0.407. The number of benzene rings is 2. The van der Waals surface area contributed by atoms with Crippen LogP contribution in [0, 0.1) is 12.8 Å². The molecule has 42 heavy (non-hydrogen) atoms. The maximum absolute atomic E-state index is 13.2. The maximum atomic E-state index is 13.2. The van der Waals surface area contributed by atoms with Crippen molar-refractivity contribution in [1.29, 1.82) is 0 Å². The number of ether oxygens (including phenoxy) is 1. The molecule has 0 radical (unpaired) electrons. The van der Waals surface area contributed by atoms with Crippen molar-refractivity contribution >= 4 is 28.9 Å². The van der Waals surface area contributed by atoms with Crippen molar-refractivity contribution in [3.8, 4) is 5.69 Å². The summed E-state index contributed by atoms with van der Waals surface area (Å²) >= 11 is 0. The molecule has 2 aromatic heterocycles. The number of piperidine rings is 1. The van der Waals surface area contributed by atoms with E-state index < -0.39 is 5.97 Å². The van der Waals surface area contributed by atoms with Gasteiger partial charge < -0.3 is 15.0 Å². The summed E-state index contributed by atoms with van der Waals surface area (Å²) in [4.78, 5) is 49.6. The van der Waals surface area contributed by atoms with Crippen LogP contribution in [0.2, 0.25) is 0 Å². The summed E-state index contributed by atoms with van der Waals surface area (Å²) < 4.78 is 6.31. The molecule has 1 amide bonds. The molecule has 3 heterocycles. The van der Waals surface area contributed by atoms with Crippen molar-refractivity contribution in [3.63, 3.8) is 0 Å². The standard InChI is InChI=1S/C33H33N5O4/c1-21-28-15-16-29(39)38(30(28)36-33(35-21)37-18-17-23-5-3-4-6-26(23)20-37)27-13-11-24(12-14-27)31(40)34-19-22-7-9-25(10-8-22)32(41)42-2/h6-16,23H,3-5,17-20H2,1-2H3,(H,34,40). The second-order valence-electron chi connectivity index (χ2n) is 10.9. The molecule has 1 aliphatic carbocycles. The minimum absolute atomic E-state index is 0.201. The Morgan fingerprint density at radius 3 is 2.50 bits per heavy atom. The zero-order chi connectivity index (χ0) is 29.2. The molecule has 1 atom stereocenters. The smallest absolute Gasteiger partial charge is 0.337 e. The topological polar surface area (TPSA) is 106 Å². The Morgan fingerprint density at radius 2 is 1.74 bits per heavy atom. The fraction of sp³-hybridized carbons (Fsp3) is 0.303. The van der Waals surface area contributed by atoms with Crippen LogP contribution in [0.1, 0.15) is 57.7 Å². The van der Waals surface area contributed by atoms with Crippen molar-refractivity contribution in [1.82, 2.24) is 19.9 Å². The number of nitrogens with zero attached hydrogens (tertiary/aromatic N) is 4. The van der Waals surface area contributed by atoms with E-state index in [1.807, 2.05) is 6.92 Å². The highest BCUT2D eigenvalue weighted by molar-refractivity contribution is 5.94. The van der Waals surface area contributed by atoms with Gasteiger partial charge in [0.25, 0.3) is 11.5 Å². The van der Waals surface area contributed by atoms with Gasteiger partial charge in [-0.15, -0.1) is 0 Å². The number of esters is 1. The molecule has 1 unspecified atom stereocenters. The largest absolute Gasteiger partial charge is 0.465 e. The Balaban J connectivity index is 1.23. The number of nitrogens with one attached hydrogen (secondary N) is 1. The molecular formula is C33H33N5O4. The summed E-state index contributed by atoms with van der Waals surface area (Å²) in [5.41, 5.74) is 5.04. The second-order valence-corrected chi connectivity index (χ2v) is 10.9. The van der Waals surface area contributed by atoms with E-state index >= 15 is 0 Å². The molecule has 9 heteroatoms. The van der Waals surface area contributed by atoms with Gasteiger partial charge in [0.2, 0.25) is 5.95 Å². The molecule has 4 aromatic rings. The summed E-state index contributed by atoms with van der Waals surface area (Å²) in [6.07, 6.45) is 7.13. The van der Waals surface area contributed by atoms with Crippen molar-refractivity contribution in [2.75, 3.05) is 25.1 Å². The average molecular weight is 564 g/mol. The average Bonchev–Trinajstić information content (AvgIpc) is 3.03. The molecule has 2 aromatic carbocycles. The number of carbonyl (C=O) groups is 2. The zero-order valence-corrected chi connectivity index (χ0v) is 23.8. The Labute approximate surface area is 243 Å². The number of carbonyl (C=O) groups excluding carboxylic acids is 2. The lowest BCUT2D eigenvalue weighted by molar-refractivity contribution is 0.0600. The van der Waals surface area contributed by atoms with Crippen LogP contribution >= 0.6 is 0 Å². The fourth-order valence-electron chi connectivity index (χ4n) is 5.87. The predicted molar refractivity (Wildman–Crippen MR) is 161 cm³/mol. The second kappa shape index (κ2) is 11.6. The van der Waals surface area contributed by atoms with Gasteiger partial charge in [-0.2, -0.15) is 4.98 Å². The van der Waals surface area contributed by atoms with E-state index in [1.54, 1.807) is 59.2 Å². The highest BCUT2D eigenvalue weighted by Gasteiger charge is 2.27. The minimum Gasteiger partial charge on any atom is -0.465 e. The Bertz CT molecular complexity index is 1740. The number of pyridine rings is 1. The lowest BCUT2D eigenvalue weighted by Gasteiger charge is -2.36. The summed E-state index contributed by atoms with van der Waals surface area (Å²) in [5.74, 6) is 0.651. The van der Waals surface area contributed by atoms with Gasteiger partial charge in [0, 0.05) is 36.7 Å². The van der Waals surface area contributed by atoms with E-state index in [0.717, 1.165) is 42.6 Å². The van der Waals surface area contributed by atoms with E-state index in [-0.39, 0.29) is 11.5 Å². The van der Waals surface area contributed by atoms with Crippen molar-refractivity contribution in [3.05, 3.63) is 105 Å². The monoisotopic (exact) mass is 563 g/mol. The first-order valence-corrected chi connectivity index (χ1v) is 14.3. The lowest BCUT2D eigenvalue weighted by Crippen LogP contribution is -2.37. The molecule has 1 N–H and O–H groups in total. The molecule has 6 rings (SSSR count). The van der Waals surface area contributed by atoms with E-state index in [9.17, 15) is 14.4 Å². The Hall–Kier alpha value is -4.79. The third-order valence-corrected chi connectivity index (χ3v) is 8.24. The number of fused-ring (bicyclic) bond motifs is 2. The molecule has 0 spiro atoms. The molecular weight excluding hydrogens is 530 g/mol. The van der Waals surface area contributed by atoms with E-state index in [1.165, 1.54) is 31.6 Å². The molecule has 0 bridgehead atoms. The summed E-state index contributed by atoms with van der Waals surface area (Å²) in [7, 11) is 1.34. The SMILES string of the molecule is COC(=O)c1ccc(CNC(=O)c2ccc(-n3c(=O)ccc4c(C)nc(N5CCC6CCCC=C6C5)nc43)cc2)cc1. The van der Waals surface area contributed by atoms with Crippen LogP contribution in [-0.4, -0.2) is 46.6 Å². The number of methoxy groups -OCH3 is 1. The summed E-state index contributed by atoms with van der Waals surface area (Å²) in [5, 5.41) is 3.71. The van der Waals surface area contributed by atoms with E-state index in [4.69, 9.17) is 14.7 Å². The van der Waals surface area contributed by atoms with Crippen LogP contribution in [0.3, 0.4) is 0 Å². The fourth-order valence-corrected chi connectivity index (χ4v) is 5.87. The molecule has 1 aliphatic heterocycles. The normalized spacial score (nSPS) is 16.5. The van der Waals surface area contributed by atoms with Crippen molar-refractivity contribution in [2.24, 2.45) is 5.92 Å². The highest BCUT2D eigenvalue weighted by Crippen LogP contribution is 2.33. The van der Waals surface area contributed by atoms with Crippen molar-refractivity contribution < 1.29 is 14.3 Å². The summed E-state index contributed by atoms with van der Waals surface area (Å²) in [6.45, 7) is 3.97. The predicted octanol–water partition coefficient (Wildman–Crippen LogP) is 4.74. The number of aryl methyl sites for hydroxylation is 1. The number of amides is 1. The zero-order valence-electron chi connectivity index (χ0n) is 23.8. The number of allylic oxidation sites excluding steroid dienone is 1. The Morgan fingerprint density at radius 1 is 0.976 bits per heavy atom. The Kier molecular flexibility index (Phi) is 7.56. The van der Waals surface area contributed by atoms with Gasteiger partial charge in [0.05, 0.1) is 24.1 Å². The van der Waals surface area contributed by atoms with Crippen LogP contribution in [0.5, 0.6) is 0 Å². The quantitative estimate of drug-likeness (QED) is 0.267. The number of rotatable bonds is 6. The van der Waals surface area contributed by atoms with Crippen LogP contribution in [0.15, 0.2) is 77.1 Å². The van der Waals surface area contributed by atoms with Crippen LogP contribution in [-0.2, 0) is 11.3 Å². The lowest BCUT2D eigenvalue weighted by atomic mass is 9.82. The molecule has 2 aliphatic rings. The van der Waals surface area contributed by atoms with E-state index in [2.05, 4.69) is 16.3 Å². The van der Waals surface area contributed by atoms with Crippen LogP contribution in [0.25, 0.3) is 16.7 Å². The van der Waals surface area contributed by atoms with Gasteiger partial charge in [0.1, 0.15) is 0 Å². The molecule has 214 valence electrons. The summed E-state index contributed by atoms with van der Waals surface area (Å²) in [6, 6.07) is 17.1. The third-order valence-electron chi connectivity index (χ3n) is 8.24. The van der Waals surface area contributed by atoms with Gasteiger partial charge >= 0.3 is 5.97 Å². The number of aromatic nitrogens is 3. The van der Waals surface area contributed by atoms with Gasteiger partial charge in [-0.1, -0.05) is 23.8 Å². The first-order chi connectivity index (χ1) is 20.4. The highest BCUT2D eigenvalue weighted by atomic mass is 16.5. The number of anilines is 1. The van der Waals surface area contributed by atoms with E-state index in [0.29, 0.717) is 40.9 Å². The molecule has 1 fully saturated rings. The first kappa shape index (κ1) is 27.4.